The molecule has 1 aromatic heterocycles. The summed E-state index contributed by atoms with van der Waals surface area (Å²) in [6, 6.07) is 7.92. The maximum Gasteiger partial charge on any atom is 0.224 e. The summed E-state index contributed by atoms with van der Waals surface area (Å²) in [5.74, 6) is 0.783. The highest BCUT2D eigenvalue weighted by atomic mass is 79.9. The molecule has 0 saturated carbocycles. The minimum atomic E-state index is 0.0869. The number of aromatic nitrogens is 2. The average molecular weight is 363 g/mol. The Bertz CT molecular complexity index is 648. The van der Waals surface area contributed by atoms with Gasteiger partial charge >= 0.3 is 0 Å². The van der Waals surface area contributed by atoms with Gasteiger partial charge in [0.15, 0.2) is 0 Å². The number of hydrogen-bond acceptors (Lipinski definition) is 4. The number of halogens is 1. The van der Waals surface area contributed by atoms with Gasteiger partial charge in [-0.2, -0.15) is 0 Å². The van der Waals surface area contributed by atoms with Crippen LogP contribution in [0.2, 0.25) is 0 Å². The first kappa shape index (κ1) is 16.4. The van der Waals surface area contributed by atoms with E-state index in [1.54, 1.807) is 17.3 Å². The second kappa shape index (κ2) is 7.89. The molecule has 0 spiro atoms. The molecule has 0 saturated heterocycles. The Kier molecular flexibility index (Phi) is 5.89. The van der Waals surface area contributed by atoms with Gasteiger partial charge in [-0.3, -0.25) is 9.78 Å². The molecule has 6 heteroatoms. The number of anilines is 1. The number of rotatable bonds is 6. The van der Waals surface area contributed by atoms with E-state index in [9.17, 15) is 4.79 Å². The second-order valence-electron chi connectivity index (χ2n) is 5.06. The standard InChI is InChI=1S/C16H19BrN4O/c1-12-9-18-10-15(20-12)19-8-7-16(22)21(2)11-13-5-3-4-6-14(13)17/h3-6,9-10H,7-8,11H2,1-2H3,(H,19,20). The van der Waals surface area contributed by atoms with Gasteiger partial charge in [0.2, 0.25) is 5.91 Å². The van der Waals surface area contributed by atoms with Crippen molar-refractivity contribution in [3.63, 3.8) is 0 Å². The van der Waals surface area contributed by atoms with Crippen LogP contribution in [-0.4, -0.2) is 34.4 Å². The Hall–Kier alpha value is -1.95. The van der Waals surface area contributed by atoms with Crippen LogP contribution in [0.1, 0.15) is 17.7 Å². The number of carbonyl (C=O) groups is 1. The summed E-state index contributed by atoms with van der Waals surface area (Å²) >= 11 is 3.50. The zero-order chi connectivity index (χ0) is 15.9. The Morgan fingerprint density at radius 1 is 1.32 bits per heavy atom. The molecule has 0 unspecified atom stereocenters. The smallest absolute Gasteiger partial charge is 0.224 e. The quantitative estimate of drug-likeness (QED) is 0.857. The lowest BCUT2D eigenvalue weighted by atomic mass is 10.2. The summed E-state index contributed by atoms with van der Waals surface area (Å²) in [4.78, 5) is 22.2. The Labute approximate surface area is 138 Å². The molecule has 22 heavy (non-hydrogen) atoms. The zero-order valence-corrected chi connectivity index (χ0v) is 14.3. The van der Waals surface area contributed by atoms with Gasteiger partial charge in [-0.1, -0.05) is 34.1 Å². The van der Waals surface area contributed by atoms with Gasteiger partial charge in [0.1, 0.15) is 5.82 Å². The summed E-state index contributed by atoms with van der Waals surface area (Å²) < 4.78 is 1.02. The Morgan fingerprint density at radius 3 is 2.82 bits per heavy atom. The molecular formula is C16H19BrN4O. The molecule has 1 N–H and O–H groups in total. The van der Waals surface area contributed by atoms with Gasteiger partial charge in [0, 0.05) is 37.2 Å². The van der Waals surface area contributed by atoms with Crippen LogP contribution in [0.15, 0.2) is 41.1 Å². The van der Waals surface area contributed by atoms with E-state index in [-0.39, 0.29) is 5.91 Å². The van der Waals surface area contributed by atoms with Crippen LogP contribution >= 0.6 is 15.9 Å². The highest BCUT2D eigenvalue weighted by Gasteiger charge is 2.10. The molecule has 0 aliphatic carbocycles. The van der Waals surface area contributed by atoms with E-state index in [4.69, 9.17) is 0 Å². The third-order valence-electron chi connectivity index (χ3n) is 3.19. The van der Waals surface area contributed by atoms with Crippen molar-refractivity contribution in [2.75, 3.05) is 18.9 Å². The van der Waals surface area contributed by atoms with E-state index in [1.165, 1.54) is 0 Å². The minimum absolute atomic E-state index is 0.0869. The van der Waals surface area contributed by atoms with Gasteiger partial charge in [-0.15, -0.1) is 0 Å². The SMILES string of the molecule is Cc1cncc(NCCC(=O)N(C)Cc2ccccc2Br)n1. The molecule has 0 bridgehead atoms. The van der Waals surface area contributed by atoms with E-state index < -0.39 is 0 Å². The monoisotopic (exact) mass is 362 g/mol. The highest BCUT2D eigenvalue weighted by molar-refractivity contribution is 9.10. The summed E-state index contributed by atoms with van der Waals surface area (Å²) in [5.41, 5.74) is 1.94. The topological polar surface area (TPSA) is 58.1 Å². The van der Waals surface area contributed by atoms with Gasteiger partial charge in [-0.25, -0.2) is 4.98 Å². The normalized spacial score (nSPS) is 10.3. The number of carbonyl (C=O) groups excluding carboxylic acids is 1. The molecule has 0 radical (unpaired) electrons. The van der Waals surface area contributed by atoms with Crippen molar-refractivity contribution in [1.82, 2.24) is 14.9 Å². The third kappa shape index (κ3) is 4.80. The van der Waals surface area contributed by atoms with E-state index >= 15 is 0 Å². The van der Waals surface area contributed by atoms with Crippen LogP contribution in [0, 0.1) is 6.92 Å². The van der Waals surface area contributed by atoms with Crippen molar-refractivity contribution in [3.8, 4) is 0 Å². The van der Waals surface area contributed by atoms with E-state index in [0.29, 0.717) is 25.3 Å². The number of nitrogens with one attached hydrogen (secondary N) is 1. The fourth-order valence-electron chi connectivity index (χ4n) is 2.01. The van der Waals surface area contributed by atoms with Crippen LogP contribution < -0.4 is 5.32 Å². The summed E-state index contributed by atoms with van der Waals surface area (Å²) in [6.07, 6.45) is 3.76. The second-order valence-corrected chi connectivity index (χ2v) is 5.92. The molecular weight excluding hydrogens is 344 g/mol. The summed E-state index contributed by atoms with van der Waals surface area (Å²) in [7, 11) is 1.81. The van der Waals surface area contributed by atoms with E-state index in [1.807, 2.05) is 38.2 Å². The van der Waals surface area contributed by atoms with Crippen molar-refractivity contribution >= 4 is 27.7 Å². The number of amides is 1. The van der Waals surface area contributed by atoms with E-state index in [0.717, 1.165) is 15.7 Å². The van der Waals surface area contributed by atoms with Crippen molar-refractivity contribution < 1.29 is 4.79 Å². The lowest BCUT2D eigenvalue weighted by Gasteiger charge is -2.18. The van der Waals surface area contributed by atoms with Gasteiger partial charge in [0.25, 0.3) is 0 Å². The summed E-state index contributed by atoms with van der Waals surface area (Å²) in [5, 5.41) is 3.12. The third-order valence-corrected chi connectivity index (χ3v) is 3.96. The average Bonchev–Trinajstić information content (AvgIpc) is 2.49. The molecule has 5 nitrogen and oxygen atoms in total. The molecule has 1 aromatic carbocycles. The van der Waals surface area contributed by atoms with E-state index in [2.05, 4.69) is 31.2 Å². The van der Waals surface area contributed by atoms with Crippen molar-refractivity contribution in [3.05, 3.63) is 52.4 Å². The largest absolute Gasteiger partial charge is 0.368 e. The van der Waals surface area contributed by atoms with Crippen LogP contribution in [0.5, 0.6) is 0 Å². The number of hydrogen-bond donors (Lipinski definition) is 1. The van der Waals surface area contributed by atoms with Gasteiger partial charge in [0.05, 0.1) is 11.9 Å². The van der Waals surface area contributed by atoms with Gasteiger partial charge in [-0.05, 0) is 18.6 Å². The lowest BCUT2D eigenvalue weighted by Crippen LogP contribution is -2.28. The minimum Gasteiger partial charge on any atom is -0.368 e. The van der Waals surface area contributed by atoms with Crippen molar-refractivity contribution in [1.29, 1.82) is 0 Å². The molecule has 0 aliphatic rings. The predicted octanol–water partition coefficient (Wildman–Crippen LogP) is 3.01. The molecule has 0 aliphatic heterocycles. The number of benzene rings is 1. The fourth-order valence-corrected chi connectivity index (χ4v) is 2.42. The van der Waals surface area contributed by atoms with Crippen LogP contribution in [0.4, 0.5) is 5.82 Å². The van der Waals surface area contributed by atoms with Crippen molar-refractivity contribution in [2.24, 2.45) is 0 Å². The predicted molar refractivity (Wildman–Crippen MR) is 90.5 cm³/mol. The molecule has 1 heterocycles. The maximum absolute atomic E-state index is 12.2. The fraction of sp³-hybridized carbons (Fsp3) is 0.312. The molecule has 0 atom stereocenters. The molecule has 116 valence electrons. The lowest BCUT2D eigenvalue weighted by molar-refractivity contribution is -0.130. The van der Waals surface area contributed by atoms with Crippen molar-refractivity contribution in [2.45, 2.75) is 19.9 Å². The number of aryl methyl sites for hydroxylation is 1. The molecule has 2 aromatic rings. The van der Waals surface area contributed by atoms with Crippen LogP contribution in [0.25, 0.3) is 0 Å². The summed E-state index contributed by atoms with van der Waals surface area (Å²) in [6.45, 7) is 3.01. The Balaban J connectivity index is 1.80. The molecule has 2 rings (SSSR count). The first-order chi connectivity index (χ1) is 10.6. The first-order valence-corrected chi connectivity index (χ1v) is 7.85. The molecule has 0 fully saturated rings. The van der Waals surface area contributed by atoms with Crippen LogP contribution in [0.3, 0.4) is 0 Å². The maximum atomic E-state index is 12.2. The molecule has 1 amide bonds. The van der Waals surface area contributed by atoms with Gasteiger partial charge < -0.3 is 10.2 Å². The van der Waals surface area contributed by atoms with Crippen LogP contribution in [-0.2, 0) is 11.3 Å². The Morgan fingerprint density at radius 2 is 2.09 bits per heavy atom. The zero-order valence-electron chi connectivity index (χ0n) is 12.7. The highest BCUT2D eigenvalue weighted by Crippen LogP contribution is 2.17. The number of nitrogens with zero attached hydrogens (tertiary/aromatic N) is 3. The first-order valence-electron chi connectivity index (χ1n) is 7.06.